The molecule has 0 saturated heterocycles. The minimum atomic E-state index is -0.895. The van der Waals surface area contributed by atoms with Crippen LogP contribution in [0.25, 0.3) is 6.08 Å². The molecule has 0 aliphatic heterocycles. The lowest BCUT2D eigenvalue weighted by Gasteiger charge is -2.12. The maximum absolute atomic E-state index is 12.1. The Morgan fingerprint density at radius 2 is 2.17 bits per heavy atom. The molecule has 0 aliphatic rings. The minimum absolute atomic E-state index is 0.388. The fourth-order valence-electron chi connectivity index (χ4n) is 1.98. The molecule has 0 spiro atoms. The van der Waals surface area contributed by atoms with E-state index in [4.69, 9.17) is 4.74 Å². The zero-order valence-corrected chi connectivity index (χ0v) is 14.3. The van der Waals surface area contributed by atoms with Crippen LogP contribution in [0.5, 0.6) is 0 Å². The van der Waals surface area contributed by atoms with Gasteiger partial charge in [0.15, 0.2) is 6.10 Å². The summed E-state index contributed by atoms with van der Waals surface area (Å²) in [6.07, 6.45) is 2.07. The van der Waals surface area contributed by atoms with Crippen LogP contribution in [-0.4, -0.2) is 27.8 Å². The lowest BCUT2D eigenvalue weighted by molar-refractivity contribution is -0.148. The largest absolute Gasteiger partial charge is 0.449 e. The summed E-state index contributed by atoms with van der Waals surface area (Å²) in [6.45, 7) is 5.20. The van der Waals surface area contributed by atoms with Crippen LogP contribution in [0.2, 0.25) is 0 Å². The SMILES string of the molecule is Cc1nn(C)c(C)c1NC(=O)[C@@H](C)OC(=O)/C=C/c1ccsc1. The van der Waals surface area contributed by atoms with Crippen LogP contribution in [0.1, 0.15) is 23.9 Å². The highest BCUT2D eigenvalue weighted by Crippen LogP contribution is 2.18. The third kappa shape index (κ3) is 4.29. The first kappa shape index (κ1) is 17.0. The molecule has 23 heavy (non-hydrogen) atoms. The summed E-state index contributed by atoms with van der Waals surface area (Å²) in [4.78, 5) is 23.9. The standard InChI is InChI=1S/C16H19N3O3S/c1-10-15(11(2)19(4)18-10)17-16(21)12(3)22-14(20)6-5-13-7-8-23-9-13/h5-9,12H,1-4H3,(H,17,21)/b6-5+/t12-/m1/s1. The summed E-state index contributed by atoms with van der Waals surface area (Å²) in [7, 11) is 1.80. The number of esters is 1. The highest BCUT2D eigenvalue weighted by atomic mass is 32.1. The number of hydrogen-bond acceptors (Lipinski definition) is 5. The molecule has 1 amide bonds. The third-order valence-corrected chi connectivity index (χ3v) is 4.08. The number of ether oxygens (including phenoxy) is 1. The molecule has 7 heteroatoms. The van der Waals surface area contributed by atoms with Crippen LogP contribution in [0.15, 0.2) is 22.9 Å². The van der Waals surface area contributed by atoms with Crippen molar-refractivity contribution in [3.63, 3.8) is 0 Å². The molecule has 0 fully saturated rings. The first-order valence-electron chi connectivity index (χ1n) is 7.10. The van der Waals surface area contributed by atoms with Crippen molar-refractivity contribution < 1.29 is 14.3 Å². The van der Waals surface area contributed by atoms with Gasteiger partial charge in [-0.05, 0) is 49.2 Å². The molecule has 0 aliphatic carbocycles. The van der Waals surface area contributed by atoms with Gasteiger partial charge in [0.05, 0.1) is 17.1 Å². The number of aromatic nitrogens is 2. The van der Waals surface area contributed by atoms with Gasteiger partial charge in [-0.25, -0.2) is 4.79 Å². The van der Waals surface area contributed by atoms with E-state index in [1.54, 1.807) is 29.1 Å². The van der Waals surface area contributed by atoms with Crippen molar-refractivity contribution in [3.8, 4) is 0 Å². The molecule has 6 nitrogen and oxygen atoms in total. The molecular formula is C16H19N3O3S. The van der Waals surface area contributed by atoms with Crippen molar-refractivity contribution in [1.29, 1.82) is 0 Å². The van der Waals surface area contributed by atoms with E-state index in [0.29, 0.717) is 11.4 Å². The molecule has 0 radical (unpaired) electrons. The molecule has 122 valence electrons. The zero-order valence-electron chi connectivity index (χ0n) is 13.5. The Balaban J connectivity index is 1.93. The summed E-state index contributed by atoms with van der Waals surface area (Å²) in [5.74, 6) is -0.944. The molecule has 0 saturated carbocycles. The van der Waals surface area contributed by atoms with Crippen molar-refractivity contribution in [2.45, 2.75) is 26.9 Å². The van der Waals surface area contributed by atoms with E-state index in [1.807, 2.05) is 30.7 Å². The summed E-state index contributed by atoms with van der Waals surface area (Å²) < 4.78 is 6.79. The van der Waals surface area contributed by atoms with Crippen LogP contribution in [-0.2, 0) is 21.4 Å². The highest BCUT2D eigenvalue weighted by molar-refractivity contribution is 7.08. The van der Waals surface area contributed by atoms with Crippen LogP contribution in [0.4, 0.5) is 5.69 Å². The van der Waals surface area contributed by atoms with Gasteiger partial charge in [0, 0.05) is 13.1 Å². The van der Waals surface area contributed by atoms with Gasteiger partial charge in [-0.3, -0.25) is 9.48 Å². The molecule has 1 N–H and O–H groups in total. The van der Waals surface area contributed by atoms with Crippen molar-refractivity contribution in [3.05, 3.63) is 39.9 Å². The van der Waals surface area contributed by atoms with Crippen molar-refractivity contribution in [1.82, 2.24) is 9.78 Å². The molecule has 2 aromatic heterocycles. The smallest absolute Gasteiger partial charge is 0.331 e. The molecule has 2 heterocycles. The number of nitrogens with one attached hydrogen (secondary N) is 1. The molecule has 2 aromatic rings. The lowest BCUT2D eigenvalue weighted by atomic mass is 10.3. The van der Waals surface area contributed by atoms with Crippen LogP contribution in [0, 0.1) is 13.8 Å². The van der Waals surface area contributed by atoms with Crippen molar-refractivity contribution in [2.75, 3.05) is 5.32 Å². The zero-order chi connectivity index (χ0) is 17.0. The number of carbonyl (C=O) groups excluding carboxylic acids is 2. The normalized spacial score (nSPS) is 12.3. The maximum atomic E-state index is 12.1. The van der Waals surface area contributed by atoms with Crippen LogP contribution in [0.3, 0.4) is 0 Å². The Kier molecular flexibility index (Phi) is 5.33. The number of aryl methyl sites for hydroxylation is 2. The van der Waals surface area contributed by atoms with Gasteiger partial charge in [0.25, 0.3) is 5.91 Å². The average molecular weight is 333 g/mol. The predicted octanol–water partition coefficient (Wildman–Crippen LogP) is 2.68. The fourth-order valence-corrected chi connectivity index (χ4v) is 2.61. The Bertz CT molecular complexity index is 732. The minimum Gasteiger partial charge on any atom is -0.449 e. The quantitative estimate of drug-likeness (QED) is 0.674. The number of anilines is 1. The second-order valence-corrected chi connectivity index (χ2v) is 5.91. The first-order valence-corrected chi connectivity index (χ1v) is 8.04. The summed E-state index contributed by atoms with van der Waals surface area (Å²) in [6, 6.07) is 1.89. The van der Waals surface area contributed by atoms with Crippen LogP contribution < -0.4 is 5.32 Å². The average Bonchev–Trinajstić information content (AvgIpc) is 3.09. The number of carbonyl (C=O) groups is 2. The maximum Gasteiger partial charge on any atom is 0.331 e. The van der Waals surface area contributed by atoms with E-state index < -0.39 is 12.1 Å². The van der Waals surface area contributed by atoms with E-state index in [0.717, 1.165) is 11.3 Å². The van der Waals surface area contributed by atoms with E-state index in [-0.39, 0.29) is 5.91 Å². The van der Waals surface area contributed by atoms with Gasteiger partial charge in [-0.2, -0.15) is 16.4 Å². The molecule has 0 unspecified atom stereocenters. The molecule has 2 rings (SSSR count). The third-order valence-electron chi connectivity index (χ3n) is 3.37. The van der Waals surface area contributed by atoms with Gasteiger partial charge in [-0.15, -0.1) is 0 Å². The monoisotopic (exact) mass is 333 g/mol. The van der Waals surface area contributed by atoms with Gasteiger partial charge in [-0.1, -0.05) is 0 Å². The van der Waals surface area contributed by atoms with Gasteiger partial charge in [0.1, 0.15) is 0 Å². The number of rotatable bonds is 5. The van der Waals surface area contributed by atoms with Crippen molar-refractivity contribution >= 4 is 35.0 Å². The highest BCUT2D eigenvalue weighted by Gasteiger charge is 2.20. The molecule has 0 aromatic carbocycles. The topological polar surface area (TPSA) is 73.2 Å². The Morgan fingerprint density at radius 1 is 1.43 bits per heavy atom. The van der Waals surface area contributed by atoms with Crippen LogP contribution >= 0.6 is 11.3 Å². The van der Waals surface area contributed by atoms with Crippen molar-refractivity contribution in [2.24, 2.45) is 7.05 Å². The summed E-state index contributed by atoms with van der Waals surface area (Å²) in [5.41, 5.74) is 3.13. The van der Waals surface area contributed by atoms with E-state index >= 15 is 0 Å². The molecule has 1 atom stereocenters. The second kappa shape index (κ2) is 7.23. The van der Waals surface area contributed by atoms with Gasteiger partial charge < -0.3 is 10.1 Å². The molecule has 0 bridgehead atoms. The number of thiophene rings is 1. The number of hydrogen-bond donors (Lipinski definition) is 1. The number of amides is 1. The van der Waals surface area contributed by atoms with E-state index in [9.17, 15) is 9.59 Å². The Morgan fingerprint density at radius 3 is 2.74 bits per heavy atom. The first-order chi connectivity index (χ1) is 10.9. The van der Waals surface area contributed by atoms with E-state index in [1.165, 1.54) is 13.0 Å². The summed E-state index contributed by atoms with van der Waals surface area (Å²) in [5, 5.41) is 10.8. The van der Waals surface area contributed by atoms with Gasteiger partial charge >= 0.3 is 5.97 Å². The molecular weight excluding hydrogens is 314 g/mol. The Hall–Kier alpha value is -2.41. The van der Waals surface area contributed by atoms with Gasteiger partial charge in [0.2, 0.25) is 0 Å². The Labute approximate surface area is 138 Å². The van der Waals surface area contributed by atoms with E-state index in [2.05, 4.69) is 10.4 Å². The predicted molar refractivity (Wildman–Crippen MR) is 90.2 cm³/mol. The summed E-state index contributed by atoms with van der Waals surface area (Å²) >= 11 is 1.54. The lowest BCUT2D eigenvalue weighted by Crippen LogP contribution is -2.29. The number of nitrogens with zero attached hydrogens (tertiary/aromatic N) is 2. The second-order valence-electron chi connectivity index (χ2n) is 5.13. The fraction of sp³-hybridized carbons (Fsp3) is 0.312.